The number of nitrogens with zero attached hydrogens (tertiary/aromatic N) is 3. The monoisotopic (exact) mass is 535 g/mol. The van der Waals surface area contributed by atoms with E-state index in [1.54, 1.807) is 0 Å². The molecule has 2 aromatic carbocycles. The molecule has 4 rings (SSSR count). The molecule has 1 unspecified atom stereocenters. The number of guanidine groups is 1. The molecule has 2 saturated heterocycles. The van der Waals surface area contributed by atoms with Crippen molar-refractivity contribution in [3.8, 4) is 11.5 Å². The van der Waals surface area contributed by atoms with Gasteiger partial charge in [0.05, 0.1) is 0 Å². The van der Waals surface area contributed by atoms with Crippen LogP contribution in [-0.4, -0.2) is 74.8 Å². The molecule has 2 aliphatic heterocycles. The minimum atomic E-state index is 0.173. The molecule has 2 aliphatic rings. The molecule has 0 bridgehead atoms. The van der Waals surface area contributed by atoms with Crippen molar-refractivity contribution in [2.45, 2.75) is 57.8 Å². The summed E-state index contributed by atoms with van der Waals surface area (Å²) in [6.07, 6.45) is 10.6. The summed E-state index contributed by atoms with van der Waals surface area (Å²) >= 11 is 0. The van der Waals surface area contributed by atoms with Crippen molar-refractivity contribution in [2.24, 2.45) is 22.4 Å². The topological polar surface area (TPSA) is 89.3 Å². The van der Waals surface area contributed by atoms with Gasteiger partial charge in [-0.2, -0.15) is 0 Å². The molecule has 4 N–H and O–H groups in total. The van der Waals surface area contributed by atoms with E-state index in [4.69, 9.17) is 20.9 Å². The third kappa shape index (κ3) is 11.1. The van der Waals surface area contributed by atoms with Crippen LogP contribution in [-0.2, 0) is 12.8 Å². The summed E-state index contributed by atoms with van der Waals surface area (Å²) in [5.41, 5.74) is 13.9. The lowest BCUT2D eigenvalue weighted by Gasteiger charge is -2.17. The van der Waals surface area contributed by atoms with Gasteiger partial charge in [-0.3, -0.25) is 14.8 Å². The highest BCUT2D eigenvalue weighted by molar-refractivity contribution is 5.75. The van der Waals surface area contributed by atoms with Crippen LogP contribution >= 0.6 is 0 Å². The summed E-state index contributed by atoms with van der Waals surface area (Å²) in [4.78, 5) is 9.21. The number of likely N-dealkylation sites (tertiary alicyclic amines) is 2. The van der Waals surface area contributed by atoms with Crippen LogP contribution in [0.3, 0.4) is 0 Å². The van der Waals surface area contributed by atoms with Gasteiger partial charge in [0.15, 0.2) is 5.96 Å². The largest absolute Gasteiger partial charge is 0.492 e. The number of ether oxygens (including phenoxy) is 2. The molecular weight excluding hydrogens is 486 g/mol. The molecule has 0 spiro atoms. The Bertz CT molecular complexity index is 963. The quantitative estimate of drug-likeness (QED) is 0.229. The zero-order chi connectivity index (χ0) is 27.1. The van der Waals surface area contributed by atoms with Crippen LogP contribution in [0.25, 0.3) is 0 Å². The van der Waals surface area contributed by atoms with Gasteiger partial charge in [0, 0.05) is 19.6 Å². The van der Waals surface area contributed by atoms with E-state index >= 15 is 0 Å². The predicted molar refractivity (Wildman–Crippen MR) is 161 cm³/mol. The van der Waals surface area contributed by atoms with Crippen LogP contribution in [0.15, 0.2) is 53.5 Å². The third-order valence-corrected chi connectivity index (χ3v) is 8.03. The number of nitrogens with two attached hydrogens (primary N) is 2. The average molecular weight is 536 g/mol. The van der Waals surface area contributed by atoms with Crippen molar-refractivity contribution in [3.63, 3.8) is 0 Å². The van der Waals surface area contributed by atoms with Crippen LogP contribution in [0.5, 0.6) is 11.5 Å². The maximum absolute atomic E-state index is 5.99. The molecule has 7 heteroatoms. The number of aryl methyl sites for hydroxylation is 1. The summed E-state index contributed by atoms with van der Waals surface area (Å²) in [5, 5.41) is 0. The maximum Gasteiger partial charge on any atom is 0.185 e. The molecule has 7 nitrogen and oxygen atoms in total. The molecule has 39 heavy (non-hydrogen) atoms. The van der Waals surface area contributed by atoms with Gasteiger partial charge in [0.2, 0.25) is 0 Å². The van der Waals surface area contributed by atoms with Gasteiger partial charge >= 0.3 is 0 Å². The van der Waals surface area contributed by atoms with E-state index in [-0.39, 0.29) is 5.96 Å². The number of benzene rings is 2. The molecule has 0 aliphatic carbocycles. The predicted octanol–water partition coefficient (Wildman–Crippen LogP) is 4.48. The summed E-state index contributed by atoms with van der Waals surface area (Å²) < 4.78 is 12.0. The molecular formula is C32H49N5O2. The Morgan fingerprint density at radius 1 is 0.718 bits per heavy atom. The smallest absolute Gasteiger partial charge is 0.185 e. The van der Waals surface area contributed by atoms with Crippen molar-refractivity contribution >= 4 is 5.96 Å². The summed E-state index contributed by atoms with van der Waals surface area (Å²) in [5.74, 6) is 2.63. The van der Waals surface area contributed by atoms with Crippen molar-refractivity contribution in [1.82, 2.24) is 9.80 Å². The summed E-state index contributed by atoms with van der Waals surface area (Å²) in [6.45, 7) is 9.09. The number of aliphatic imine (C=N–C) groups is 1. The summed E-state index contributed by atoms with van der Waals surface area (Å²) in [6, 6.07) is 17.3. The Labute approximate surface area is 235 Å². The zero-order valence-electron chi connectivity index (χ0n) is 23.7. The second-order valence-corrected chi connectivity index (χ2v) is 11.1. The van der Waals surface area contributed by atoms with Gasteiger partial charge in [0.25, 0.3) is 0 Å². The Morgan fingerprint density at radius 3 is 1.74 bits per heavy atom. The molecule has 214 valence electrons. The van der Waals surface area contributed by atoms with E-state index < -0.39 is 0 Å². The minimum Gasteiger partial charge on any atom is -0.492 e. The Hall–Kier alpha value is -2.77. The number of hydrogen-bond acceptors (Lipinski definition) is 5. The first-order valence-electron chi connectivity index (χ1n) is 15.1. The molecule has 0 saturated carbocycles. The standard InChI is InChI=1S/C32H49N5O2/c33-32(34)35-17-16-28(26-29-10-14-31(15-11-29)39-25-23-37-20-3-4-21-37)7-5-6-27-8-12-30(13-9-27)38-24-22-36-18-1-2-19-36/h8-15,28H,1-7,16-26H2,(H4,33,34,35). The van der Waals surface area contributed by atoms with Gasteiger partial charge in [-0.05, 0) is 125 Å². The Kier molecular flexibility index (Phi) is 12.3. The molecule has 2 heterocycles. The van der Waals surface area contributed by atoms with E-state index in [0.29, 0.717) is 12.5 Å². The Morgan fingerprint density at radius 2 is 1.23 bits per heavy atom. The lowest BCUT2D eigenvalue weighted by atomic mass is 9.90. The van der Waals surface area contributed by atoms with Crippen LogP contribution in [0.2, 0.25) is 0 Å². The highest BCUT2D eigenvalue weighted by atomic mass is 16.5. The summed E-state index contributed by atoms with van der Waals surface area (Å²) in [7, 11) is 0. The van der Waals surface area contributed by atoms with Gasteiger partial charge in [-0.1, -0.05) is 24.3 Å². The molecule has 0 aromatic heterocycles. The van der Waals surface area contributed by atoms with Gasteiger partial charge < -0.3 is 20.9 Å². The van der Waals surface area contributed by atoms with Gasteiger partial charge in [0.1, 0.15) is 24.7 Å². The number of rotatable bonds is 17. The van der Waals surface area contributed by atoms with Crippen molar-refractivity contribution in [2.75, 3.05) is 59.0 Å². The lowest BCUT2D eigenvalue weighted by molar-refractivity contribution is 0.237. The van der Waals surface area contributed by atoms with Crippen molar-refractivity contribution < 1.29 is 9.47 Å². The van der Waals surface area contributed by atoms with E-state index in [1.807, 2.05) is 0 Å². The molecule has 0 amide bonds. The molecule has 1 atom stereocenters. The highest BCUT2D eigenvalue weighted by Gasteiger charge is 2.13. The highest BCUT2D eigenvalue weighted by Crippen LogP contribution is 2.22. The van der Waals surface area contributed by atoms with Gasteiger partial charge in [-0.15, -0.1) is 0 Å². The molecule has 2 aromatic rings. The first-order chi connectivity index (χ1) is 19.1. The van der Waals surface area contributed by atoms with E-state index in [0.717, 1.165) is 69.9 Å². The third-order valence-electron chi connectivity index (χ3n) is 8.03. The van der Waals surface area contributed by atoms with Gasteiger partial charge in [-0.25, -0.2) is 0 Å². The fraction of sp³-hybridized carbons (Fsp3) is 0.594. The van der Waals surface area contributed by atoms with Crippen LogP contribution in [0.4, 0.5) is 0 Å². The van der Waals surface area contributed by atoms with Crippen molar-refractivity contribution in [3.05, 3.63) is 59.7 Å². The first kappa shape index (κ1) is 29.2. The van der Waals surface area contributed by atoms with Crippen LogP contribution in [0.1, 0.15) is 56.1 Å². The lowest BCUT2D eigenvalue weighted by Crippen LogP contribution is -2.25. The average Bonchev–Trinajstić information content (AvgIpc) is 3.65. The second kappa shape index (κ2) is 16.4. The SMILES string of the molecule is NC(N)=NCCC(CCCc1ccc(OCCN2CCCC2)cc1)Cc1ccc(OCCN2CCCC2)cc1. The normalized spacial score (nSPS) is 16.8. The van der Waals surface area contributed by atoms with Crippen LogP contribution < -0.4 is 20.9 Å². The zero-order valence-corrected chi connectivity index (χ0v) is 23.7. The Balaban J connectivity index is 1.19. The molecule has 2 fully saturated rings. The molecule has 0 radical (unpaired) electrons. The van der Waals surface area contributed by atoms with Crippen LogP contribution in [0, 0.1) is 5.92 Å². The van der Waals surface area contributed by atoms with E-state index in [2.05, 4.69) is 63.3 Å². The van der Waals surface area contributed by atoms with E-state index in [1.165, 1.54) is 63.0 Å². The first-order valence-corrected chi connectivity index (χ1v) is 15.1. The fourth-order valence-corrected chi connectivity index (χ4v) is 5.72. The maximum atomic E-state index is 5.99. The van der Waals surface area contributed by atoms with E-state index in [9.17, 15) is 0 Å². The number of hydrogen-bond donors (Lipinski definition) is 2. The second-order valence-electron chi connectivity index (χ2n) is 11.1. The van der Waals surface area contributed by atoms with Crippen molar-refractivity contribution in [1.29, 1.82) is 0 Å². The fourth-order valence-electron chi connectivity index (χ4n) is 5.72. The minimum absolute atomic E-state index is 0.173.